The quantitative estimate of drug-likeness (QED) is 0.720. The maximum absolute atomic E-state index is 2.48. The normalized spacial score (nSPS) is 20.8. The van der Waals surface area contributed by atoms with Crippen LogP contribution in [0, 0.1) is 5.41 Å². The Bertz CT molecular complexity index is 771. The minimum Gasteiger partial charge on any atom is -0.328 e. The Kier molecular flexibility index (Phi) is 2.90. The molecule has 2 aromatic rings. The number of benzene rings is 2. The van der Waals surface area contributed by atoms with Gasteiger partial charge in [0.2, 0.25) is 0 Å². The molecule has 2 aliphatic heterocycles. The number of para-hydroxylation sites is 2. The van der Waals surface area contributed by atoms with E-state index in [1.165, 1.54) is 22.6 Å². The second-order valence-electron chi connectivity index (χ2n) is 7.66. The molecule has 0 unspecified atom stereocenters. The Labute approximate surface area is 139 Å². The van der Waals surface area contributed by atoms with Gasteiger partial charge in [-0.05, 0) is 23.8 Å². The van der Waals surface area contributed by atoms with Crippen molar-refractivity contribution in [2.24, 2.45) is 5.41 Å². The second-order valence-corrected chi connectivity index (χ2v) is 7.66. The van der Waals surface area contributed by atoms with Crippen molar-refractivity contribution in [1.29, 1.82) is 0 Å². The fourth-order valence-electron chi connectivity index (χ4n) is 3.86. The Hall–Kier alpha value is -2.22. The van der Waals surface area contributed by atoms with Crippen LogP contribution in [0.25, 0.3) is 0 Å². The third kappa shape index (κ3) is 1.87. The molecule has 0 saturated heterocycles. The van der Waals surface area contributed by atoms with Gasteiger partial charge in [-0.25, -0.2) is 0 Å². The molecular formula is C21H24N2. The summed E-state index contributed by atoms with van der Waals surface area (Å²) in [7, 11) is 0. The first kappa shape index (κ1) is 14.4. The van der Waals surface area contributed by atoms with Crippen molar-refractivity contribution in [3.05, 3.63) is 72.1 Å². The molecule has 2 aromatic carbocycles. The first-order chi connectivity index (χ1) is 10.9. The number of anilines is 2. The van der Waals surface area contributed by atoms with E-state index in [9.17, 15) is 0 Å². The minimum absolute atomic E-state index is 0.0743. The van der Waals surface area contributed by atoms with E-state index in [1.54, 1.807) is 0 Å². The molecule has 4 rings (SSSR count). The maximum atomic E-state index is 2.48. The van der Waals surface area contributed by atoms with Crippen LogP contribution in [0.15, 0.2) is 66.5 Å². The molecule has 0 N–H and O–H groups in total. The fourth-order valence-corrected chi connectivity index (χ4v) is 3.86. The molecule has 2 aliphatic rings. The standard InChI is InChI=1S/C21H24N2/c1-20(2)17-12-8-9-13-18(17)23-15-22(14-19(23)21(20,3)4)16-10-6-5-7-11-16/h5-14H,15H2,1-4H3. The van der Waals surface area contributed by atoms with Gasteiger partial charge in [0.25, 0.3) is 0 Å². The molecule has 118 valence electrons. The van der Waals surface area contributed by atoms with Crippen molar-refractivity contribution in [1.82, 2.24) is 0 Å². The summed E-state index contributed by atoms with van der Waals surface area (Å²) in [6.07, 6.45) is 2.34. The predicted molar refractivity (Wildman–Crippen MR) is 97.6 cm³/mol. The van der Waals surface area contributed by atoms with Gasteiger partial charge in [0.05, 0.1) is 6.67 Å². The molecular weight excluding hydrogens is 280 g/mol. The number of hydrogen-bond donors (Lipinski definition) is 0. The second kappa shape index (κ2) is 4.64. The van der Waals surface area contributed by atoms with Crippen LogP contribution in [0.3, 0.4) is 0 Å². The van der Waals surface area contributed by atoms with Crippen LogP contribution >= 0.6 is 0 Å². The summed E-state index contributed by atoms with van der Waals surface area (Å²) in [5.41, 5.74) is 5.62. The van der Waals surface area contributed by atoms with E-state index in [0.717, 1.165) is 6.67 Å². The SMILES string of the molecule is CC1(C)C2=CN(c3ccccc3)CN2c2ccccc2C1(C)C. The van der Waals surface area contributed by atoms with E-state index < -0.39 is 0 Å². The van der Waals surface area contributed by atoms with Crippen LogP contribution in [0.4, 0.5) is 11.4 Å². The summed E-state index contributed by atoms with van der Waals surface area (Å²) in [5, 5.41) is 0. The highest BCUT2D eigenvalue weighted by Gasteiger charge is 2.50. The lowest BCUT2D eigenvalue weighted by molar-refractivity contribution is 0.235. The summed E-state index contributed by atoms with van der Waals surface area (Å²) in [6.45, 7) is 10.4. The Morgan fingerprint density at radius 3 is 2.17 bits per heavy atom. The van der Waals surface area contributed by atoms with Gasteiger partial charge >= 0.3 is 0 Å². The highest BCUT2D eigenvalue weighted by atomic mass is 15.4. The number of hydrogen-bond acceptors (Lipinski definition) is 2. The van der Waals surface area contributed by atoms with Crippen LogP contribution in [-0.2, 0) is 5.41 Å². The largest absolute Gasteiger partial charge is 0.328 e. The molecule has 2 heterocycles. The van der Waals surface area contributed by atoms with Crippen molar-refractivity contribution in [2.45, 2.75) is 33.1 Å². The molecule has 2 nitrogen and oxygen atoms in total. The van der Waals surface area contributed by atoms with Crippen LogP contribution < -0.4 is 9.80 Å². The third-order valence-electron chi connectivity index (χ3n) is 6.02. The Balaban J connectivity index is 1.87. The van der Waals surface area contributed by atoms with Crippen molar-refractivity contribution < 1.29 is 0 Å². The van der Waals surface area contributed by atoms with Crippen LogP contribution in [-0.4, -0.2) is 6.67 Å². The molecule has 23 heavy (non-hydrogen) atoms. The van der Waals surface area contributed by atoms with Gasteiger partial charge in [-0.1, -0.05) is 64.1 Å². The van der Waals surface area contributed by atoms with Gasteiger partial charge in [-0.3, -0.25) is 0 Å². The minimum atomic E-state index is 0.0743. The highest BCUT2D eigenvalue weighted by molar-refractivity contribution is 5.70. The lowest BCUT2D eigenvalue weighted by atomic mass is 9.60. The van der Waals surface area contributed by atoms with Crippen LogP contribution in [0.2, 0.25) is 0 Å². The smallest absolute Gasteiger partial charge is 0.0992 e. The summed E-state index contributed by atoms with van der Waals surface area (Å²) in [6, 6.07) is 19.5. The first-order valence-corrected chi connectivity index (χ1v) is 8.34. The summed E-state index contributed by atoms with van der Waals surface area (Å²) >= 11 is 0. The molecule has 0 saturated carbocycles. The number of allylic oxidation sites excluding steroid dienone is 1. The molecule has 0 aliphatic carbocycles. The molecule has 2 heteroatoms. The third-order valence-corrected chi connectivity index (χ3v) is 6.02. The predicted octanol–water partition coefficient (Wildman–Crippen LogP) is 5.13. The van der Waals surface area contributed by atoms with Crippen molar-refractivity contribution in [3.63, 3.8) is 0 Å². The fraction of sp³-hybridized carbons (Fsp3) is 0.333. The van der Waals surface area contributed by atoms with Gasteiger partial charge in [0.1, 0.15) is 0 Å². The average Bonchev–Trinajstić information content (AvgIpc) is 3.01. The van der Waals surface area contributed by atoms with Crippen LogP contribution in [0.5, 0.6) is 0 Å². The zero-order chi connectivity index (χ0) is 16.2. The van der Waals surface area contributed by atoms with E-state index in [0.29, 0.717) is 0 Å². The monoisotopic (exact) mass is 304 g/mol. The lowest BCUT2D eigenvalue weighted by Crippen LogP contribution is -2.48. The van der Waals surface area contributed by atoms with E-state index >= 15 is 0 Å². The van der Waals surface area contributed by atoms with Gasteiger partial charge in [0.15, 0.2) is 0 Å². The van der Waals surface area contributed by atoms with Gasteiger partial charge in [0, 0.05) is 34.1 Å². The van der Waals surface area contributed by atoms with Crippen molar-refractivity contribution in [2.75, 3.05) is 16.5 Å². The van der Waals surface area contributed by atoms with E-state index in [4.69, 9.17) is 0 Å². The molecule has 0 spiro atoms. The van der Waals surface area contributed by atoms with Gasteiger partial charge < -0.3 is 9.80 Å². The summed E-state index contributed by atoms with van der Waals surface area (Å²) < 4.78 is 0. The van der Waals surface area contributed by atoms with Gasteiger partial charge in [-0.15, -0.1) is 0 Å². The van der Waals surface area contributed by atoms with Crippen LogP contribution in [0.1, 0.15) is 33.3 Å². The Morgan fingerprint density at radius 1 is 0.783 bits per heavy atom. The highest BCUT2D eigenvalue weighted by Crippen LogP contribution is 2.56. The molecule has 0 bridgehead atoms. The molecule has 0 aromatic heterocycles. The average molecular weight is 304 g/mol. The van der Waals surface area contributed by atoms with E-state index in [2.05, 4.69) is 98.3 Å². The molecule has 0 fully saturated rings. The number of fused-ring (bicyclic) bond motifs is 3. The van der Waals surface area contributed by atoms with E-state index in [1.807, 2.05) is 0 Å². The molecule has 0 amide bonds. The number of rotatable bonds is 1. The molecule has 0 radical (unpaired) electrons. The summed E-state index contributed by atoms with van der Waals surface area (Å²) in [5.74, 6) is 0. The lowest BCUT2D eigenvalue weighted by Gasteiger charge is -2.51. The summed E-state index contributed by atoms with van der Waals surface area (Å²) in [4.78, 5) is 4.84. The van der Waals surface area contributed by atoms with Crippen molar-refractivity contribution >= 4 is 11.4 Å². The molecule has 0 atom stereocenters. The van der Waals surface area contributed by atoms with Crippen molar-refractivity contribution in [3.8, 4) is 0 Å². The van der Waals surface area contributed by atoms with Gasteiger partial charge in [-0.2, -0.15) is 0 Å². The zero-order valence-electron chi connectivity index (χ0n) is 14.4. The van der Waals surface area contributed by atoms with E-state index in [-0.39, 0.29) is 10.8 Å². The first-order valence-electron chi connectivity index (χ1n) is 8.34. The maximum Gasteiger partial charge on any atom is 0.0992 e. The topological polar surface area (TPSA) is 6.48 Å². The Morgan fingerprint density at radius 2 is 1.43 bits per heavy atom. The number of nitrogens with zero attached hydrogens (tertiary/aromatic N) is 2. The zero-order valence-corrected chi connectivity index (χ0v) is 14.4.